The van der Waals surface area contributed by atoms with Gasteiger partial charge in [-0.3, -0.25) is 19.7 Å². The predicted octanol–water partition coefficient (Wildman–Crippen LogP) is 1.59. The van der Waals surface area contributed by atoms with Gasteiger partial charge in [-0.15, -0.1) is 0 Å². The number of carbonyl (C=O) groups is 2. The number of hydrogen-bond acceptors (Lipinski definition) is 4. The zero-order valence-corrected chi connectivity index (χ0v) is 10.9. The largest absolute Gasteiger partial charge is 0.480 e. The smallest absolute Gasteiger partial charge is 0.323 e. The van der Waals surface area contributed by atoms with Gasteiger partial charge in [0.25, 0.3) is 11.6 Å². The number of nitro groups is 1. The van der Waals surface area contributed by atoms with E-state index in [0.29, 0.717) is 5.56 Å². The van der Waals surface area contributed by atoms with Gasteiger partial charge in [-0.2, -0.15) is 0 Å². The predicted molar refractivity (Wildman–Crippen MR) is 69.5 cm³/mol. The van der Waals surface area contributed by atoms with Crippen LogP contribution in [-0.4, -0.2) is 39.4 Å². The van der Waals surface area contributed by atoms with Gasteiger partial charge in [0.1, 0.15) is 12.1 Å². The third-order valence-corrected chi connectivity index (χ3v) is 3.13. The molecule has 1 fully saturated rings. The molecule has 20 heavy (non-hydrogen) atoms. The molecule has 0 bridgehead atoms. The molecular weight excluding hydrogens is 264 g/mol. The Morgan fingerprint density at radius 3 is 2.60 bits per heavy atom. The lowest BCUT2D eigenvalue weighted by Crippen LogP contribution is -2.37. The molecule has 1 N–H and O–H groups in total. The van der Waals surface area contributed by atoms with Gasteiger partial charge in [-0.05, 0) is 31.4 Å². The Kier molecular flexibility index (Phi) is 3.69. The number of aliphatic carboxylic acids is 1. The molecule has 0 heterocycles. The van der Waals surface area contributed by atoms with Crippen LogP contribution >= 0.6 is 0 Å². The van der Waals surface area contributed by atoms with Crippen molar-refractivity contribution in [2.45, 2.75) is 25.8 Å². The Bertz CT molecular complexity index is 580. The Morgan fingerprint density at radius 1 is 1.45 bits per heavy atom. The molecule has 0 atom stereocenters. The number of hydrogen-bond donors (Lipinski definition) is 1. The summed E-state index contributed by atoms with van der Waals surface area (Å²) in [6, 6.07) is 4.12. The first kappa shape index (κ1) is 14.0. The fraction of sp³-hybridized carbons (Fsp3) is 0.385. The van der Waals surface area contributed by atoms with E-state index in [4.69, 9.17) is 5.11 Å². The van der Waals surface area contributed by atoms with Gasteiger partial charge in [-0.1, -0.05) is 6.07 Å². The first-order valence-corrected chi connectivity index (χ1v) is 6.18. The lowest BCUT2D eigenvalue weighted by Gasteiger charge is -2.20. The molecule has 0 spiro atoms. The number of carboxylic acid groups (broad SMARTS) is 1. The number of carboxylic acids is 1. The minimum Gasteiger partial charge on any atom is -0.480 e. The summed E-state index contributed by atoms with van der Waals surface area (Å²) in [6.45, 7) is 1.29. The van der Waals surface area contributed by atoms with Gasteiger partial charge in [0.05, 0.1) is 4.92 Å². The van der Waals surface area contributed by atoms with Crippen molar-refractivity contribution in [3.8, 4) is 0 Å². The summed E-state index contributed by atoms with van der Waals surface area (Å²) in [4.78, 5) is 34.8. The van der Waals surface area contributed by atoms with Crippen LogP contribution in [0.25, 0.3) is 0 Å². The number of benzene rings is 1. The fourth-order valence-corrected chi connectivity index (χ4v) is 2.03. The number of nitrogens with zero attached hydrogens (tertiary/aromatic N) is 2. The van der Waals surface area contributed by atoms with Gasteiger partial charge in [0, 0.05) is 12.1 Å². The first-order valence-electron chi connectivity index (χ1n) is 6.18. The zero-order valence-electron chi connectivity index (χ0n) is 10.9. The van der Waals surface area contributed by atoms with E-state index in [1.54, 1.807) is 13.0 Å². The Labute approximate surface area is 115 Å². The first-order chi connectivity index (χ1) is 9.40. The molecular formula is C13H14N2O5. The second kappa shape index (κ2) is 5.28. The third kappa shape index (κ3) is 2.93. The Morgan fingerprint density at radius 2 is 2.10 bits per heavy atom. The number of nitro benzene ring substituents is 1. The van der Waals surface area contributed by atoms with Crippen molar-refractivity contribution >= 4 is 17.6 Å². The molecule has 0 radical (unpaired) electrons. The highest BCUT2D eigenvalue weighted by Crippen LogP contribution is 2.30. The molecule has 2 rings (SSSR count). The highest BCUT2D eigenvalue weighted by Gasteiger charge is 2.36. The van der Waals surface area contributed by atoms with Crippen molar-refractivity contribution in [1.29, 1.82) is 0 Å². The van der Waals surface area contributed by atoms with E-state index in [2.05, 4.69) is 0 Å². The quantitative estimate of drug-likeness (QED) is 0.651. The lowest BCUT2D eigenvalue weighted by molar-refractivity contribution is -0.385. The molecule has 106 valence electrons. The van der Waals surface area contributed by atoms with Gasteiger partial charge in [0.15, 0.2) is 0 Å². The van der Waals surface area contributed by atoms with Crippen molar-refractivity contribution in [2.24, 2.45) is 0 Å². The van der Waals surface area contributed by atoms with E-state index in [9.17, 15) is 19.7 Å². The summed E-state index contributed by atoms with van der Waals surface area (Å²) in [5, 5.41) is 19.8. The summed E-state index contributed by atoms with van der Waals surface area (Å²) in [7, 11) is 0. The van der Waals surface area contributed by atoms with Crippen molar-refractivity contribution in [3.63, 3.8) is 0 Å². The van der Waals surface area contributed by atoms with Crippen LogP contribution in [0.2, 0.25) is 0 Å². The van der Waals surface area contributed by atoms with Gasteiger partial charge >= 0.3 is 5.97 Å². The normalized spacial score (nSPS) is 13.8. The van der Waals surface area contributed by atoms with Crippen LogP contribution in [0.1, 0.15) is 28.8 Å². The second-order valence-corrected chi connectivity index (χ2v) is 4.84. The molecule has 1 aromatic rings. The average molecular weight is 278 g/mol. The van der Waals surface area contributed by atoms with Crippen LogP contribution in [0.5, 0.6) is 0 Å². The molecule has 0 unspecified atom stereocenters. The third-order valence-electron chi connectivity index (χ3n) is 3.13. The van der Waals surface area contributed by atoms with Crippen LogP contribution in [0.15, 0.2) is 18.2 Å². The van der Waals surface area contributed by atoms with E-state index in [1.165, 1.54) is 17.0 Å². The van der Waals surface area contributed by atoms with Crippen LogP contribution in [0, 0.1) is 17.0 Å². The highest BCUT2D eigenvalue weighted by atomic mass is 16.6. The minimum atomic E-state index is -1.12. The monoisotopic (exact) mass is 278 g/mol. The molecule has 1 aliphatic carbocycles. The maximum atomic E-state index is 12.4. The summed E-state index contributed by atoms with van der Waals surface area (Å²) in [5.41, 5.74) is 0.366. The number of aryl methyl sites for hydroxylation is 1. The molecule has 7 nitrogen and oxygen atoms in total. The Hall–Kier alpha value is -2.44. The van der Waals surface area contributed by atoms with Crippen LogP contribution in [-0.2, 0) is 4.79 Å². The number of rotatable bonds is 5. The van der Waals surface area contributed by atoms with Crippen molar-refractivity contribution < 1.29 is 19.6 Å². The summed E-state index contributed by atoms with van der Waals surface area (Å²) >= 11 is 0. The topological polar surface area (TPSA) is 101 Å². The summed E-state index contributed by atoms with van der Waals surface area (Å²) in [5.74, 6) is -1.72. The number of carbonyl (C=O) groups excluding carboxylic acids is 1. The van der Waals surface area contributed by atoms with E-state index in [1.807, 2.05) is 0 Å². The average Bonchev–Trinajstić information content (AvgIpc) is 3.18. The molecule has 7 heteroatoms. The molecule has 1 aliphatic rings. The van der Waals surface area contributed by atoms with E-state index < -0.39 is 23.3 Å². The summed E-state index contributed by atoms with van der Waals surface area (Å²) in [6.07, 6.45) is 1.47. The standard InChI is InChI=1S/C13H14N2O5/c1-8-2-5-11(15(19)20)10(6-8)13(18)14(7-12(16)17)9-3-4-9/h2,5-6,9H,3-4,7H2,1H3,(H,16,17). The Balaban J connectivity index is 2.37. The van der Waals surface area contributed by atoms with Gasteiger partial charge < -0.3 is 10.0 Å². The maximum absolute atomic E-state index is 12.4. The highest BCUT2D eigenvalue weighted by molar-refractivity contribution is 6.00. The molecule has 0 aliphatic heterocycles. The fourth-order valence-electron chi connectivity index (χ4n) is 2.03. The van der Waals surface area contributed by atoms with Gasteiger partial charge in [0.2, 0.25) is 0 Å². The van der Waals surface area contributed by atoms with Crippen molar-refractivity contribution in [1.82, 2.24) is 4.90 Å². The van der Waals surface area contributed by atoms with Crippen molar-refractivity contribution in [2.75, 3.05) is 6.54 Å². The SMILES string of the molecule is Cc1ccc([N+](=O)[O-])c(C(=O)N(CC(=O)O)C2CC2)c1. The maximum Gasteiger partial charge on any atom is 0.323 e. The van der Waals surface area contributed by atoms with E-state index >= 15 is 0 Å². The zero-order chi connectivity index (χ0) is 14.9. The molecule has 0 saturated heterocycles. The number of amides is 1. The minimum absolute atomic E-state index is 0.0526. The molecule has 1 amide bonds. The van der Waals surface area contributed by atoms with Gasteiger partial charge in [-0.25, -0.2) is 0 Å². The van der Waals surface area contributed by atoms with Crippen LogP contribution in [0.4, 0.5) is 5.69 Å². The molecule has 1 aromatic carbocycles. The van der Waals surface area contributed by atoms with Crippen LogP contribution in [0.3, 0.4) is 0 Å². The molecule has 0 aromatic heterocycles. The van der Waals surface area contributed by atoms with E-state index in [0.717, 1.165) is 12.8 Å². The second-order valence-electron chi connectivity index (χ2n) is 4.84. The van der Waals surface area contributed by atoms with Crippen molar-refractivity contribution in [3.05, 3.63) is 39.4 Å². The molecule has 1 saturated carbocycles. The van der Waals surface area contributed by atoms with E-state index in [-0.39, 0.29) is 17.3 Å². The summed E-state index contributed by atoms with van der Waals surface area (Å²) < 4.78 is 0. The van der Waals surface area contributed by atoms with Crippen LogP contribution < -0.4 is 0 Å². The lowest BCUT2D eigenvalue weighted by atomic mass is 10.1.